The van der Waals surface area contributed by atoms with Crippen LogP contribution in [0, 0.1) is 12.8 Å². The first-order valence-electron chi connectivity index (χ1n) is 11.5. The fraction of sp³-hybridized carbons (Fsp3) is 0.400. The van der Waals surface area contributed by atoms with Crippen molar-refractivity contribution in [2.24, 2.45) is 5.92 Å². The van der Waals surface area contributed by atoms with Crippen molar-refractivity contribution in [3.8, 4) is 11.1 Å². The molecular formula is C25H29N3O4S2. The summed E-state index contributed by atoms with van der Waals surface area (Å²) in [5.41, 5.74) is 1.87. The molecule has 7 nitrogen and oxygen atoms in total. The number of amides is 1. The number of nitrogens with one attached hydrogen (secondary N) is 1. The Hall–Kier alpha value is -2.78. The van der Waals surface area contributed by atoms with Gasteiger partial charge in [-0.1, -0.05) is 44.2 Å². The van der Waals surface area contributed by atoms with E-state index in [4.69, 9.17) is 0 Å². The average Bonchev–Trinajstić information content (AvgIpc) is 3.31. The molecule has 0 spiro atoms. The third-order valence-electron chi connectivity index (χ3n) is 6.43. The number of aryl methyl sites for hydroxylation is 1. The van der Waals surface area contributed by atoms with Crippen LogP contribution in [0.15, 0.2) is 57.7 Å². The van der Waals surface area contributed by atoms with Gasteiger partial charge in [0.15, 0.2) is 15.0 Å². The van der Waals surface area contributed by atoms with E-state index in [2.05, 4.69) is 10.3 Å². The van der Waals surface area contributed by atoms with Crippen LogP contribution in [0.1, 0.15) is 50.3 Å². The summed E-state index contributed by atoms with van der Waals surface area (Å²) in [7, 11) is -3.30. The zero-order valence-corrected chi connectivity index (χ0v) is 21.0. The predicted molar refractivity (Wildman–Crippen MR) is 135 cm³/mol. The lowest BCUT2D eigenvalue weighted by atomic mass is 9.84. The fourth-order valence-electron chi connectivity index (χ4n) is 4.72. The van der Waals surface area contributed by atoms with Crippen LogP contribution in [-0.4, -0.2) is 30.1 Å². The molecule has 1 aromatic carbocycles. The van der Waals surface area contributed by atoms with E-state index in [1.54, 1.807) is 40.4 Å². The van der Waals surface area contributed by atoms with E-state index in [0.717, 1.165) is 37.5 Å². The lowest BCUT2D eigenvalue weighted by molar-refractivity contribution is -0.120. The topological polar surface area (TPSA) is 98.1 Å². The van der Waals surface area contributed by atoms with Gasteiger partial charge in [0, 0.05) is 29.6 Å². The number of thiazole rings is 1. The molecule has 1 amide bonds. The predicted octanol–water partition coefficient (Wildman–Crippen LogP) is 4.83. The molecule has 1 aliphatic carbocycles. The van der Waals surface area contributed by atoms with Crippen LogP contribution < -0.4 is 10.9 Å². The summed E-state index contributed by atoms with van der Waals surface area (Å²) >= 11 is 1.35. The molecule has 1 aliphatic rings. The van der Waals surface area contributed by atoms with Crippen molar-refractivity contribution in [2.45, 2.75) is 56.4 Å². The molecule has 0 bridgehead atoms. The summed E-state index contributed by atoms with van der Waals surface area (Å²) in [4.78, 5) is 31.0. The van der Waals surface area contributed by atoms with Gasteiger partial charge in [0.1, 0.15) is 6.04 Å². The Kier molecular flexibility index (Phi) is 7.33. The van der Waals surface area contributed by atoms with Gasteiger partial charge >= 0.3 is 0 Å². The summed E-state index contributed by atoms with van der Waals surface area (Å²) in [5, 5.41) is 5.20. The van der Waals surface area contributed by atoms with Crippen LogP contribution in [-0.2, 0) is 14.6 Å². The first kappa shape index (κ1) is 24.3. The first-order chi connectivity index (χ1) is 16.2. The van der Waals surface area contributed by atoms with Gasteiger partial charge in [-0.3, -0.25) is 9.59 Å². The summed E-state index contributed by atoms with van der Waals surface area (Å²) in [5.74, 6) is 0.172. The van der Waals surface area contributed by atoms with Crippen LogP contribution in [0.3, 0.4) is 0 Å². The molecule has 0 saturated heterocycles. The van der Waals surface area contributed by atoms with Crippen molar-refractivity contribution in [3.63, 3.8) is 0 Å². The molecule has 1 N–H and O–H groups in total. The summed E-state index contributed by atoms with van der Waals surface area (Å²) in [6, 6.07) is 9.25. The maximum Gasteiger partial charge on any atom is 0.252 e. The van der Waals surface area contributed by atoms with Gasteiger partial charge in [-0.2, -0.15) is 0 Å². The third-order valence-corrected chi connectivity index (χ3v) is 8.25. The van der Waals surface area contributed by atoms with Crippen molar-refractivity contribution in [1.29, 1.82) is 0 Å². The maximum atomic E-state index is 13.3. The fourth-order valence-corrected chi connectivity index (χ4v) is 5.88. The summed E-state index contributed by atoms with van der Waals surface area (Å²) in [6.07, 6.45) is 9.08. The van der Waals surface area contributed by atoms with Crippen LogP contribution in [0.4, 0.5) is 5.13 Å². The third kappa shape index (κ3) is 5.64. The second-order valence-electron chi connectivity index (χ2n) is 8.97. The number of hydrogen-bond acceptors (Lipinski definition) is 6. The number of sulfone groups is 1. The molecule has 0 aliphatic heterocycles. The summed E-state index contributed by atoms with van der Waals surface area (Å²) in [6.45, 7) is 1.83. The Morgan fingerprint density at radius 3 is 2.44 bits per heavy atom. The van der Waals surface area contributed by atoms with Gasteiger partial charge in [-0.05, 0) is 48.6 Å². The first-order valence-corrected chi connectivity index (χ1v) is 14.2. The minimum absolute atomic E-state index is 0.226. The van der Waals surface area contributed by atoms with Crippen LogP contribution in [0.2, 0.25) is 0 Å². The Morgan fingerprint density at radius 2 is 1.85 bits per heavy atom. The van der Waals surface area contributed by atoms with Crippen molar-refractivity contribution in [1.82, 2.24) is 9.55 Å². The van der Waals surface area contributed by atoms with Crippen molar-refractivity contribution in [3.05, 3.63) is 64.0 Å². The molecule has 1 atom stereocenters. The maximum absolute atomic E-state index is 13.3. The molecule has 1 fully saturated rings. The normalized spacial score (nSPS) is 15.7. The Balaban J connectivity index is 1.67. The van der Waals surface area contributed by atoms with E-state index in [0.29, 0.717) is 28.7 Å². The van der Waals surface area contributed by atoms with Gasteiger partial charge in [-0.15, -0.1) is 11.3 Å². The van der Waals surface area contributed by atoms with Crippen LogP contribution >= 0.6 is 11.3 Å². The molecule has 34 heavy (non-hydrogen) atoms. The second kappa shape index (κ2) is 10.2. The highest BCUT2D eigenvalue weighted by Gasteiger charge is 2.28. The average molecular weight is 500 g/mol. The molecule has 0 radical (unpaired) electrons. The number of aromatic nitrogens is 2. The number of nitrogens with zero attached hydrogens (tertiary/aromatic N) is 2. The lowest BCUT2D eigenvalue weighted by Crippen LogP contribution is -2.36. The lowest BCUT2D eigenvalue weighted by Gasteiger charge is -2.28. The highest BCUT2D eigenvalue weighted by Crippen LogP contribution is 2.32. The van der Waals surface area contributed by atoms with Gasteiger partial charge in [0.05, 0.1) is 4.90 Å². The van der Waals surface area contributed by atoms with E-state index in [-0.39, 0.29) is 16.4 Å². The largest absolute Gasteiger partial charge is 0.300 e. The number of rotatable bonds is 7. The van der Waals surface area contributed by atoms with E-state index in [1.165, 1.54) is 23.8 Å². The van der Waals surface area contributed by atoms with E-state index in [1.807, 2.05) is 13.0 Å². The van der Waals surface area contributed by atoms with Crippen LogP contribution in [0.25, 0.3) is 11.1 Å². The number of benzene rings is 1. The Morgan fingerprint density at radius 1 is 1.15 bits per heavy atom. The van der Waals surface area contributed by atoms with Crippen LogP contribution in [0.5, 0.6) is 0 Å². The molecule has 1 saturated carbocycles. The van der Waals surface area contributed by atoms with E-state index >= 15 is 0 Å². The summed E-state index contributed by atoms with van der Waals surface area (Å²) < 4.78 is 25.1. The van der Waals surface area contributed by atoms with E-state index < -0.39 is 15.9 Å². The SMILES string of the molecule is Cc1cc(-c2ccc(S(C)(=O)=O)cc2)cc(=O)n1C(CC1CCCCC1)C(=O)Nc1nccs1. The molecule has 2 aromatic heterocycles. The quantitative estimate of drug-likeness (QED) is 0.502. The second-order valence-corrected chi connectivity index (χ2v) is 11.9. The highest BCUT2D eigenvalue weighted by molar-refractivity contribution is 7.90. The molecule has 3 aromatic rings. The zero-order valence-electron chi connectivity index (χ0n) is 19.4. The molecule has 180 valence electrons. The molecule has 2 heterocycles. The van der Waals surface area contributed by atoms with Gasteiger partial charge in [0.25, 0.3) is 5.56 Å². The number of carbonyl (C=O) groups is 1. The minimum Gasteiger partial charge on any atom is -0.300 e. The van der Waals surface area contributed by atoms with Crippen molar-refractivity contribution in [2.75, 3.05) is 11.6 Å². The minimum atomic E-state index is -3.30. The van der Waals surface area contributed by atoms with Crippen molar-refractivity contribution < 1.29 is 13.2 Å². The van der Waals surface area contributed by atoms with E-state index in [9.17, 15) is 18.0 Å². The van der Waals surface area contributed by atoms with Gasteiger partial charge in [-0.25, -0.2) is 13.4 Å². The number of hydrogen-bond donors (Lipinski definition) is 1. The number of carbonyl (C=O) groups excluding carboxylic acids is 1. The molecule has 9 heteroatoms. The Labute approximate surface area is 203 Å². The highest BCUT2D eigenvalue weighted by atomic mass is 32.2. The molecular weight excluding hydrogens is 470 g/mol. The number of anilines is 1. The Bertz CT molecular complexity index is 1310. The smallest absolute Gasteiger partial charge is 0.252 e. The molecule has 4 rings (SSSR count). The standard InChI is InChI=1S/C25H29N3O4S2/c1-17-14-20(19-8-10-21(11-9-19)34(2,31)32)16-23(29)28(17)22(15-18-6-4-3-5-7-18)24(30)27-25-26-12-13-33-25/h8-14,16,18,22H,3-7,15H2,1-2H3,(H,26,27,30). The number of pyridine rings is 1. The molecule has 1 unspecified atom stereocenters. The zero-order chi connectivity index (χ0) is 24.3. The van der Waals surface area contributed by atoms with Crippen molar-refractivity contribution >= 4 is 32.2 Å². The monoisotopic (exact) mass is 499 g/mol. The van der Waals surface area contributed by atoms with Gasteiger partial charge < -0.3 is 9.88 Å². The van der Waals surface area contributed by atoms with Gasteiger partial charge in [0.2, 0.25) is 5.91 Å².